The van der Waals surface area contributed by atoms with E-state index in [0.29, 0.717) is 5.69 Å². The molecule has 0 spiro atoms. The van der Waals surface area contributed by atoms with E-state index in [9.17, 15) is 19.2 Å². The first-order valence-corrected chi connectivity index (χ1v) is 11.3. The summed E-state index contributed by atoms with van der Waals surface area (Å²) in [7, 11) is 0. The number of para-hydroxylation sites is 1. The summed E-state index contributed by atoms with van der Waals surface area (Å²) in [6, 6.07) is 7.72. The van der Waals surface area contributed by atoms with Gasteiger partial charge in [-0.05, 0) is 37.3 Å². The molecule has 0 radical (unpaired) electrons. The number of halogens is 2. The predicted octanol–water partition coefficient (Wildman–Crippen LogP) is 2.33. The molecular formula is C20H20Br2N2O5. The Morgan fingerprint density at radius 2 is 1.66 bits per heavy atom. The van der Waals surface area contributed by atoms with E-state index >= 15 is 0 Å². The van der Waals surface area contributed by atoms with Crippen molar-refractivity contribution >= 4 is 61.2 Å². The minimum absolute atomic E-state index is 0.0793. The fourth-order valence-corrected chi connectivity index (χ4v) is 6.71. The van der Waals surface area contributed by atoms with Crippen molar-refractivity contribution in [3.05, 3.63) is 30.3 Å². The fourth-order valence-electron chi connectivity index (χ4n) is 4.83. The number of fused-ring (bicyclic) bond motifs is 5. The quantitative estimate of drug-likeness (QED) is 0.360. The average Bonchev–Trinajstić information content (AvgIpc) is 3.31. The summed E-state index contributed by atoms with van der Waals surface area (Å²) in [5, 5.41) is 2.61. The number of anilines is 1. The van der Waals surface area contributed by atoms with E-state index in [1.807, 2.05) is 6.07 Å². The molecule has 9 heteroatoms. The Morgan fingerprint density at radius 3 is 2.21 bits per heavy atom. The minimum Gasteiger partial charge on any atom is -0.454 e. The Hall–Kier alpha value is -1.74. The molecule has 1 aromatic carbocycles. The van der Waals surface area contributed by atoms with Crippen molar-refractivity contribution in [1.29, 1.82) is 0 Å². The van der Waals surface area contributed by atoms with Crippen molar-refractivity contribution in [1.82, 2.24) is 4.90 Å². The molecule has 0 aromatic heterocycles. The number of benzene rings is 1. The topological polar surface area (TPSA) is 92.8 Å². The van der Waals surface area contributed by atoms with E-state index in [4.69, 9.17) is 4.74 Å². The van der Waals surface area contributed by atoms with Crippen LogP contribution in [0.5, 0.6) is 0 Å². The van der Waals surface area contributed by atoms with E-state index in [2.05, 4.69) is 37.2 Å². The van der Waals surface area contributed by atoms with Gasteiger partial charge in [0.15, 0.2) is 6.61 Å². The highest BCUT2D eigenvalue weighted by atomic mass is 79.9. The van der Waals surface area contributed by atoms with Gasteiger partial charge in [-0.1, -0.05) is 50.1 Å². The van der Waals surface area contributed by atoms with Crippen LogP contribution in [0.25, 0.3) is 0 Å². The van der Waals surface area contributed by atoms with Crippen molar-refractivity contribution in [2.24, 2.45) is 23.7 Å². The van der Waals surface area contributed by atoms with Gasteiger partial charge in [0, 0.05) is 15.3 Å². The van der Waals surface area contributed by atoms with Crippen molar-refractivity contribution in [3.63, 3.8) is 0 Å². The van der Waals surface area contributed by atoms with E-state index in [-0.39, 0.29) is 45.1 Å². The monoisotopic (exact) mass is 526 g/mol. The number of carbonyl (C=O) groups excluding carboxylic acids is 4. The largest absolute Gasteiger partial charge is 0.454 e. The molecule has 2 bridgehead atoms. The molecule has 1 aliphatic heterocycles. The van der Waals surface area contributed by atoms with Gasteiger partial charge in [-0.25, -0.2) is 4.79 Å². The zero-order chi connectivity index (χ0) is 20.9. The lowest BCUT2D eigenvalue weighted by Gasteiger charge is -2.28. The summed E-state index contributed by atoms with van der Waals surface area (Å²) < 4.78 is 5.06. The van der Waals surface area contributed by atoms with Crippen LogP contribution in [0, 0.1) is 23.7 Å². The Morgan fingerprint density at radius 1 is 1.10 bits per heavy atom. The molecule has 3 fully saturated rings. The number of amides is 3. The molecule has 7 nitrogen and oxygen atoms in total. The number of nitrogens with one attached hydrogen (secondary N) is 1. The van der Waals surface area contributed by atoms with Gasteiger partial charge in [-0.15, -0.1) is 0 Å². The van der Waals surface area contributed by atoms with Crippen molar-refractivity contribution in [2.45, 2.75) is 29.0 Å². The van der Waals surface area contributed by atoms with Gasteiger partial charge in [0.1, 0.15) is 6.04 Å². The summed E-state index contributed by atoms with van der Waals surface area (Å²) >= 11 is 7.27. The van der Waals surface area contributed by atoms with Crippen LogP contribution in [0.15, 0.2) is 30.3 Å². The average molecular weight is 528 g/mol. The zero-order valence-corrected chi connectivity index (χ0v) is 18.8. The van der Waals surface area contributed by atoms with Gasteiger partial charge in [0.25, 0.3) is 5.91 Å². The number of hydrogen-bond acceptors (Lipinski definition) is 5. The molecule has 3 aliphatic rings. The summed E-state index contributed by atoms with van der Waals surface area (Å²) in [5.74, 6) is -2.50. The first-order valence-electron chi connectivity index (χ1n) is 9.48. The molecule has 7 atom stereocenters. The maximum atomic E-state index is 12.9. The second-order valence-corrected chi connectivity index (χ2v) is 9.86. The van der Waals surface area contributed by atoms with E-state index in [0.717, 1.165) is 11.3 Å². The fraction of sp³-hybridized carbons (Fsp3) is 0.500. The second kappa shape index (κ2) is 7.83. The van der Waals surface area contributed by atoms with Crippen LogP contribution in [0.2, 0.25) is 0 Å². The molecule has 29 heavy (non-hydrogen) atoms. The highest BCUT2D eigenvalue weighted by Gasteiger charge is 2.67. The number of imide groups is 1. The molecule has 2 aliphatic carbocycles. The number of carbonyl (C=O) groups is 4. The SMILES string of the molecule is C[C@H](C(=O)OCC(=O)Nc1ccccc1)N1C(=O)[C@@H]2[C@H]3C[C@@H]([C@H](Br)[C@H]3Br)[C@H]2C1=O. The van der Waals surface area contributed by atoms with Crippen molar-refractivity contribution in [3.8, 4) is 0 Å². The maximum Gasteiger partial charge on any atom is 0.329 e. The number of ether oxygens (including phenoxy) is 1. The van der Waals surface area contributed by atoms with Crippen LogP contribution in [0.4, 0.5) is 5.69 Å². The molecule has 4 rings (SSSR count). The third kappa shape index (κ3) is 3.42. The van der Waals surface area contributed by atoms with E-state index in [1.165, 1.54) is 6.92 Å². The number of esters is 1. The number of alkyl halides is 2. The third-order valence-corrected chi connectivity index (χ3v) is 9.36. The van der Waals surface area contributed by atoms with Gasteiger partial charge in [-0.3, -0.25) is 19.3 Å². The van der Waals surface area contributed by atoms with Crippen LogP contribution < -0.4 is 5.32 Å². The highest BCUT2D eigenvalue weighted by molar-refractivity contribution is 9.12. The molecule has 1 aromatic rings. The molecule has 154 valence electrons. The Kier molecular flexibility index (Phi) is 5.54. The van der Waals surface area contributed by atoms with Gasteiger partial charge < -0.3 is 10.1 Å². The molecule has 2 saturated carbocycles. The number of likely N-dealkylation sites (tertiary alicyclic amines) is 1. The van der Waals surface area contributed by atoms with E-state index in [1.54, 1.807) is 24.3 Å². The predicted molar refractivity (Wildman–Crippen MR) is 111 cm³/mol. The van der Waals surface area contributed by atoms with Crippen LogP contribution >= 0.6 is 31.9 Å². The number of hydrogen-bond donors (Lipinski definition) is 1. The lowest BCUT2D eigenvalue weighted by atomic mass is 9.81. The normalized spacial score (nSPS) is 33.6. The minimum atomic E-state index is -1.06. The lowest BCUT2D eigenvalue weighted by molar-refractivity contribution is -0.159. The van der Waals surface area contributed by atoms with Gasteiger partial charge in [-0.2, -0.15) is 0 Å². The second-order valence-electron chi connectivity index (χ2n) is 7.75. The summed E-state index contributed by atoms with van der Waals surface area (Å²) in [4.78, 5) is 51.6. The zero-order valence-electron chi connectivity index (χ0n) is 15.6. The molecule has 0 unspecified atom stereocenters. The molecule has 3 amide bonds. The first kappa shape index (κ1) is 20.5. The van der Waals surface area contributed by atoms with Crippen LogP contribution in [0.3, 0.4) is 0 Å². The van der Waals surface area contributed by atoms with Crippen LogP contribution in [-0.4, -0.2) is 50.9 Å². The molecule has 1 N–H and O–H groups in total. The highest BCUT2D eigenvalue weighted by Crippen LogP contribution is 2.60. The number of rotatable bonds is 5. The standard InChI is InChI=1S/C20H20Br2N2O5/c1-9(20(28)29-8-13(25)23-10-5-3-2-4-6-10)24-18(26)14-11-7-12(15(14)19(24)27)17(22)16(11)21/h2-6,9,11-12,14-17H,7-8H2,1H3,(H,23,25)/t9-,11-,12-,14-,15-,16+,17+/m1/s1. The summed E-state index contributed by atoms with van der Waals surface area (Å²) in [5.41, 5.74) is 0.587. The van der Waals surface area contributed by atoms with Gasteiger partial charge in [0.2, 0.25) is 11.8 Å². The Balaban J connectivity index is 1.37. The van der Waals surface area contributed by atoms with Crippen molar-refractivity contribution < 1.29 is 23.9 Å². The Labute approximate surface area is 184 Å². The lowest BCUT2D eigenvalue weighted by Crippen LogP contribution is -2.45. The maximum absolute atomic E-state index is 12.9. The van der Waals surface area contributed by atoms with Crippen LogP contribution in [0.1, 0.15) is 13.3 Å². The molecule has 1 saturated heterocycles. The summed E-state index contributed by atoms with van der Waals surface area (Å²) in [6.07, 6.45) is 0.824. The smallest absolute Gasteiger partial charge is 0.329 e. The molecular weight excluding hydrogens is 508 g/mol. The van der Waals surface area contributed by atoms with E-state index < -0.39 is 24.5 Å². The van der Waals surface area contributed by atoms with Crippen LogP contribution in [-0.2, 0) is 23.9 Å². The molecule has 1 heterocycles. The summed E-state index contributed by atoms with van der Waals surface area (Å²) in [6.45, 7) is 0.979. The third-order valence-electron chi connectivity index (χ3n) is 6.15. The number of nitrogens with zero attached hydrogens (tertiary/aromatic N) is 1. The van der Waals surface area contributed by atoms with Gasteiger partial charge >= 0.3 is 5.97 Å². The Bertz CT molecular complexity index is 832. The van der Waals surface area contributed by atoms with Crippen molar-refractivity contribution in [2.75, 3.05) is 11.9 Å². The first-order chi connectivity index (χ1) is 13.8. The van der Waals surface area contributed by atoms with Gasteiger partial charge in [0.05, 0.1) is 11.8 Å².